The number of hydrogen-bond acceptors (Lipinski definition) is 2. The minimum absolute atomic E-state index is 0.0472. The van der Waals surface area contributed by atoms with Gasteiger partial charge >= 0.3 is 0 Å². The van der Waals surface area contributed by atoms with Gasteiger partial charge in [-0.25, -0.2) is 0 Å². The van der Waals surface area contributed by atoms with Gasteiger partial charge in [0.05, 0.1) is 5.69 Å². The first kappa shape index (κ1) is 16.5. The van der Waals surface area contributed by atoms with Crippen LogP contribution in [0.25, 0.3) is 0 Å². The van der Waals surface area contributed by atoms with E-state index in [0.717, 1.165) is 21.1 Å². The van der Waals surface area contributed by atoms with Gasteiger partial charge in [0.2, 0.25) is 11.8 Å². The van der Waals surface area contributed by atoms with Crippen molar-refractivity contribution in [1.82, 2.24) is 5.32 Å². The van der Waals surface area contributed by atoms with E-state index in [1.54, 1.807) is 4.90 Å². The highest BCUT2D eigenvalue weighted by molar-refractivity contribution is 9.11. The van der Waals surface area contributed by atoms with Gasteiger partial charge in [0, 0.05) is 21.9 Å². The maximum absolute atomic E-state index is 12.8. The molecule has 1 aliphatic rings. The molecule has 1 aromatic rings. The molecule has 1 aliphatic heterocycles. The van der Waals surface area contributed by atoms with Crippen molar-refractivity contribution in [2.24, 2.45) is 5.92 Å². The quantitative estimate of drug-likeness (QED) is 0.818. The normalized spacial score (nSPS) is 21.0. The highest BCUT2D eigenvalue weighted by Gasteiger charge is 2.34. The summed E-state index contributed by atoms with van der Waals surface area (Å²) in [5, 5.41) is 2.86. The van der Waals surface area contributed by atoms with Gasteiger partial charge in [-0.05, 0) is 40.0 Å². The van der Waals surface area contributed by atoms with Crippen LogP contribution < -0.4 is 10.2 Å². The molecule has 6 heteroatoms. The van der Waals surface area contributed by atoms with E-state index in [1.807, 2.05) is 32.0 Å². The minimum atomic E-state index is -0.462. The second-order valence-corrected chi connectivity index (χ2v) is 7.04. The van der Waals surface area contributed by atoms with Crippen molar-refractivity contribution in [2.45, 2.75) is 32.7 Å². The monoisotopic (exact) mass is 416 g/mol. The van der Waals surface area contributed by atoms with Crippen molar-refractivity contribution in [3.8, 4) is 0 Å². The molecule has 2 unspecified atom stereocenters. The zero-order valence-corrected chi connectivity index (χ0v) is 15.2. The lowest BCUT2D eigenvalue weighted by molar-refractivity contribution is -0.126. The van der Waals surface area contributed by atoms with E-state index in [2.05, 4.69) is 37.2 Å². The first-order valence-corrected chi connectivity index (χ1v) is 8.58. The largest absolute Gasteiger partial charge is 0.344 e. The number of nitrogens with zero attached hydrogens (tertiary/aromatic N) is 1. The van der Waals surface area contributed by atoms with Crippen LogP contribution in [0.3, 0.4) is 0 Å². The Kier molecular flexibility index (Phi) is 5.43. The smallest absolute Gasteiger partial charge is 0.249 e. The zero-order chi connectivity index (χ0) is 15.6. The van der Waals surface area contributed by atoms with Crippen LogP contribution in [0, 0.1) is 5.92 Å². The van der Waals surface area contributed by atoms with Crippen LogP contribution in [0.15, 0.2) is 27.1 Å². The van der Waals surface area contributed by atoms with Crippen LogP contribution in [0.4, 0.5) is 5.69 Å². The number of nitrogens with one attached hydrogen (secondary N) is 1. The number of anilines is 1. The average molecular weight is 418 g/mol. The topological polar surface area (TPSA) is 49.4 Å². The zero-order valence-electron chi connectivity index (χ0n) is 12.0. The van der Waals surface area contributed by atoms with Crippen LogP contribution in [0.1, 0.15) is 26.7 Å². The number of amides is 2. The first-order chi connectivity index (χ1) is 9.93. The van der Waals surface area contributed by atoms with E-state index < -0.39 is 6.04 Å². The van der Waals surface area contributed by atoms with Crippen LogP contribution >= 0.6 is 31.9 Å². The Morgan fingerprint density at radius 2 is 2.10 bits per heavy atom. The Labute approximate surface area is 141 Å². The molecule has 0 aromatic heterocycles. The lowest BCUT2D eigenvalue weighted by Gasteiger charge is -2.28. The fourth-order valence-corrected chi connectivity index (χ4v) is 3.16. The summed E-state index contributed by atoms with van der Waals surface area (Å²) in [4.78, 5) is 26.4. The summed E-state index contributed by atoms with van der Waals surface area (Å²) >= 11 is 6.92. The molecule has 0 radical (unpaired) electrons. The predicted octanol–water partition coefficient (Wildman–Crippen LogP) is 3.48. The molecule has 0 bridgehead atoms. The number of rotatable bonds is 3. The minimum Gasteiger partial charge on any atom is -0.344 e. The molecule has 1 heterocycles. The summed E-state index contributed by atoms with van der Waals surface area (Å²) in [5.74, 6) is -0.00996. The summed E-state index contributed by atoms with van der Waals surface area (Å²) in [6.07, 6.45) is 1.15. The molecule has 2 atom stereocenters. The summed E-state index contributed by atoms with van der Waals surface area (Å²) in [5.41, 5.74) is 0.791. The van der Waals surface area contributed by atoms with Crippen molar-refractivity contribution in [1.29, 1.82) is 0 Å². The van der Waals surface area contributed by atoms with Crippen LogP contribution in [-0.4, -0.2) is 24.4 Å². The fourth-order valence-electron chi connectivity index (χ4n) is 2.35. The van der Waals surface area contributed by atoms with E-state index in [-0.39, 0.29) is 17.7 Å². The summed E-state index contributed by atoms with van der Waals surface area (Å²) in [7, 11) is 0. The Balaban J connectivity index is 2.39. The van der Waals surface area contributed by atoms with Gasteiger partial charge in [0.15, 0.2) is 0 Å². The molecule has 1 aromatic carbocycles. The highest BCUT2D eigenvalue weighted by Crippen LogP contribution is 2.31. The molecular weight excluding hydrogens is 400 g/mol. The Bertz CT molecular complexity index is 563. The van der Waals surface area contributed by atoms with Crippen LogP contribution in [0.5, 0.6) is 0 Å². The van der Waals surface area contributed by atoms with E-state index in [1.165, 1.54) is 0 Å². The molecular formula is C15H18Br2N2O2. The Morgan fingerprint density at radius 3 is 2.76 bits per heavy atom. The fraction of sp³-hybridized carbons (Fsp3) is 0.467. The second kappa shape index (κ2) is 6.92. The molecule has 114 valence electrons. The van der Waals surface area contributed by atoms with Crippen molar-refractivity contribution in [2.75, 3.05) is 11.4 Å². The number of hydrogen-bond donors (Lipinski definition) is 1. The van der Waals surface area contributed by atoms with Gasteiger partial charge in [0.1, 0.15) is 6.04 Å². The number of carbonyl (C=O) groups excluding carboxylic acids is 2. The van der Waals surface area contributed by atoms with Crippen LogP contribution in [-0.2, 0) is 9.59 Å². The lowest BCUT2D eigenvalue weighted by Crippen LogP contribution is -2.48. The standard InChI is InChI=1S/C15H18Br2N2O2/c1-3-9(2)14-15(21)19(7-6-13(20)18-14)12-8-10(16)4-5-11(12)17/h4-5,8-9,14H,3,6-7H2,1-2H3,(H,18,20). The summed E-state index contributed by atoms with van der Waals surface area (Å²) in [6.45, 7) is 4.41. The SMILES string of the molecule is CCC(C)C1NC(=O)CCN(c2cc(Br)ccc2Br)C1=O. The highest BCUT2D eigenvalue weighted by atomic mass is 79.9. The van der Waals surface area contributed by atoms with Crippen molar-refractivity contribution in [3.05, 3.63) is 27.1 Å². The molecule has 2 amide bonds. The van der Waals surface area contributed by atoms with Gasteiger partial charge in [-0.15, -0.1) is 0 Å². The first-order valence-electron chi connectivity index (χ1n) is 6.99. The molecule has 0 aliphatic carbocycles. The van der Waals surface area contributed by atoms with E-state index in [4.69, 9.17) is 0 Å². The molecule has 0 saturated carbocycles. The third-order valence-corrected chi connectivity index (χ3v) is 4.99. The number of carbonyl (C=O) groups is 2. The van der Waals surface area contributed by atoms with E-state index >= 15 is 0 Å². The lowest BCUT2D eigenvalue weighted by atomic mass is 9.98. The Morgan fingerprint density at radius 1 is 1.38 bits per heavy atom. The molecule has 1 fully saturated rings. The molecule has 1 N–H and O–H groups in total. The summed E-state index contributed by atoms with van der Waals surface area (Å²) in [6, 6.07) is 5.23. The molecule has 0 spiro atoms. The number of benzene rings is 1. The Hall–Kier alpha value is -0.880. The third kappa shape index (κ3) is 3.66. The maximum atomic E-state index is 12.8. The van der Waals surface area contributed by atoms with Gasteiger partial charge in [0.25, 0.3) is 0 Å². The van der Waals surface area contributed by atoms with E-state index in [9.17, 15) is 9.59 Å². The maximum Gasteiger partial charge on any atom is 0.249 e. The van der Waals surface area contributed by atoms with Gasteiger partial charge < -0.3 is 10.2 Å². The van der Waals surface area contributed by atoms with Crippen molar-refractivity contribution >= 4 is 49.4 Å². The van der Waals surface area contributed by atoms with Crippen molar-refractivity contribution in [3.63, 3.8) is 0 Å². The average Bonchev–Trinajstić information content (AvgIpc) is 2.60. The van der Waals surface area contributed by atoms with Crippen molar-refractivity contribution < 1.29 is 9.59 Å². The van der Waals surface area contributed by atoms with E-state index in [0.29, 0.717) is 13.0 Å². The molecule has 2 rings (SSSR count). The second-order valence-electron chi connectivity index (χ2n) is 5.27. The molecule has 1 saturated heterocycles. The third-order valence-electron chi connectivity index (χ3n) is 3.82. The van der Waals surface area contributed by atoms with Gasteiger partial charge in [-0.2, -0.15) is 0 Å². The van der Waals surface area contributed by atoms with Gasteiger partial charge in [-0.3, -0.25) is 9.59 Å². The van der Waals surface area contributed by atoms with Crippen LogP contribution in [0.2, 0.25) is 0 Å². The predicted molar refractivity (Wildman–Crippen MR) is 90.2 cm³/mol. The number of halogens is 2. The van der Waals surface area contributed by atoms with Gasteiger partial charge in [-0.1, -0.05) is 36.2 Å². The molecule has 4 nitrogen and oxygen atoms in total. The molecule has 21 heavy (non-hydrogen) atoms. The summed E-state index contributed by atoms with van der Waals surface area (Å²) < 4.78 is 1.74.